The summed E-state index contributed by atoms with van der Waals surface area (Å²) in [7, 11) is 0. The lowest BCUT2D eigenvalue weighted by molar-refractivity contribution is -0.123. The van der Waals surface area contributed by atoms with Crippen molar-refractivity contribution in [3.8, 4) is 5.75 Å². The highest BCUT2D eigenvalue weighted by Gasteiger charge is 2.20. The van der Waals surface area contributed by atoms with Crippen molar-refractivity contribution in [1.29, 1.82) is 0 Å². The van der Waals surface area contributed by atoms with Gasteiger partial charge in [0.1, 0.15) is 5.75 Å². The Kier molecular flexibility index (Phi) is 6.56. The van der Waals surface area contributed by atoms with Crippen LogP contribution in [0.15, 0.2) is 24.3 Å². The van der Waals surface area contributed by atoms with Crippen LogP contribution in [0.1, 0.15) is 53.4 Å². The molecule has 3 nitrogen and oxygen atoms in total. The molecule has 0 bridgehead atoms. The van der Waals surface area contributed by atoms with Crippen molar-refractivity contribution in [3.63, 3.8) is 0 Å². The smallest absolute Gasteiger partial charge is 0.229 e. The van der Waals surface area contributed by atoms with Crippen LogP contribution >= 0.6 is 0 Å². The lowest BCUT2D eigenvalue weighted by Gasteiger charge is -2.17. The van der Waals surface area contributed by atoms with Gasteiger partial charge in [-0.05, 0) is 30.7 Å². The lowest BCUT2D eigenvalue weighted by Crippen LogP contribution is -2.27. The van der Waals surface area contributed by atoms with Gasteiger partial charge in [0.2, 0.25) is 5.91 Å². The van der Waals surface area contributed by atoms with Crippen molar-refractivity contribution in [1.82, 2.24) is 0 Å². The third kappa shape index (κ3) is 6.09. The molecular weight excluding hydrogens is 250 g/mol. The molecule has 0 unspecified atom stereocenters. The quantitative estimate of drug-likeness (QED) is 0.738. The second-order valence-corrected chi connectivity index (χ2v) is 6.14. The number of carbonyl (C=O) groups is 1. The fourth-order valence-electron chi connectivity index (χ4n) is 1.67. The molecule has 1 N–H and O–H groups in total. The Labute approximate surface area is 122 Å². The maximum atomic E-state index is 11.8. The third-order valence-electron chi connectivity index (χ3n) is 3.06. The second kappa shape index (κ2) is 7.93. The van der Waals surface area contributed by atoms with E-state index in [1.54, 1.807) is 0 Å². The zero-order chi connectivity index (χ0) is 15.0. The van der Waals surface area contributed by atoms with Gasteiger partial charge in [-0.2, -0.15) is 0 Å². The number of anilines is 1. The highest BCUT2D eigenvalue weighted by atomic mass is 16.5. The molecular formula is C17H27NO2. The molecule has 0 saturated heterocycles. The number of benzene rings is 1. The third-order valence-corrected chi connectivity index (χ3v) is 3.06. The fourth-order valence-corrected chi connectivity index (χ4v) is 1.67. The summed E-state index contributed by atoms with van der Waals surface area (Å²) in [6, 6.07) is 7.56. The van der Waals surface area contributed by atoms with Crippen molar-refractivity contribution >= 4 is 11.6 Å². The molecule has 0 spiro atoms. The predicted molar refractivity (Wildman–Crippen MR) is 84.2 cm³/mol. The molecule has 20 heavy (non-hydrogen) atoms. The van der Waals surface area contributed by atoms with Crippen molar-refractivity contribution in [2.24, 2.45) is 5.41 Å². The number of unbranched alkanes of at least 4 members (excludes halogenated alkanes) is 3. The Morgan fingerprint density at radius 2 is 1.75 bits per heavy atom. The van der Waals surface area contributed by atoms with E-state index in [1.165, 1.54) is 19.3 Å². The highest BCUT2D eigenvalue weighted by Crippen LogP contribution is 2.20. The van der Waals surface area contributed by atoms with Crippen LogP contribution in [0.5, 0.6) is 5.75 Å². The zero-order valence-electron chi connectivity index (χ0n) is 13.2. The first-order valence-corrected chi connectivity index (χ1v) is 7.48. The van der Waals surface area contributed by atoms with Gasteiger partial charge in [-0.25, -0.2) is 0 Å². The number of rotatable bonds is 7. The summed E-state index contributed by atoms with van der Waals surface area (Å²) < 4.78 is 5.67. The van der Waals surface area contributed by atoms with Gasteiger partial charge in [-0.1, -0.05) is 47.0 Å². The number of hydrogen-bond acceptors (Lipinski definition) is 2. The molecule has 1 aromatic carbocycles. The van der Waals surface area contributed by atoms with Crippen LogP contribution in [-0.4, -0.2) is 12.5 Å². The van der Waals surface area contributed by atoms with Crippen LogP contribution < -0.4 is 10.1 Å². The molecule has 0 heterocycles. The van der Waals surface area contributed by atoms with Crippen LogP contribution in [0.2, 0.25) is 0 Å². The van der Waals surface area contributed by atoms with Gasteiger partial charge in [-0.3, -0.25) is 4.79 Å². The minimum Gasteiger partial charge on any atom is -0.494 e. The van der Waals surface area contributed by atoms with Gasteiger partial charge in [0.15, 0.2) is 0 Å². The summed E-state index contributed by atoms with van der Waals surface area (Å²) in [6.45, 7) is 8.65. The van der Waals surface area contributed by atoms with Crippen LogP contribution in [-0.2, 0) is 4.79 Å². The van der Waals surface area contributed by atoms with Crippen molar-refractivity contribution in [2.75, 3.05) is 11.9 Å². The van der Waals surface area contributed by atoms with Gasteiger partial charge < -0.3 is 10.1 Å². The van der Waals surface area contributed by atoms with Gasteiger partial charge in [0.05, 0.1) is 6.61 Å². The summed E-state index contributed by atoms with van der Waals surface area (Å²) in [5.74, 6) is 0.876. The van der Waals surface area contributed by atoms with E-state index in [9.17, 15) is 4.79 Å². The molecule has 1 amide bonds. The summed E-state index contributed by atoms with van der Waals surface area (Å²) >= 11 is 0. The zero-order valence-corrected chi connectivity index (χ0v) is 13.2. The SMILES string of the molecule is CCCCCCOc1ccc(NC(=O)C(C)(C)C)cc1. The van der Waals surface area contributed by atoms with Crippen LogP contribution in [0.4, 0.5) is 5.69 Å². The van der Waals surface area contributed by atoms with Gasteiger partial charge in [0, 0.05) is 11.1 Å². The number of amides is 1. The molecule has 0 aromatic heterocycles. The maximum absolute atomic E-state index is 11.8. The molecule has 1 aromatic rings. The van der Waals surface area contributed by atoms with E-state index in [0.717, 1.165) is 24.5 Å². The van der Waals surface area contributed by atoms with Crippen molar-refractivity contribution in [3.05, 3.63) is 24.3 Å². The summed E-state index contributed by atoms with van der Waals surface area (Å²) in [5.41, 5.74) is 0.428. The maximum Gasteiger partial charge on any atom is 0.229 e. The molecule has 0 fully saturated rings. The monoisotopic (exact) mass is 277 g/mol. The lowest BCUT2D eigenvalue weighted by atomic mass is 9.95. The molecule has 0 aliphatic carbocycles. The van der Waals surface area contributed by atoms with Crippen LogP contribution in [0, 0.1) is 5.41 Å². The average molecular weight is 277 g/mol. The molecule has 0 radical (unpaired) electrons. The largest absolute Gasteiger partial charge is 0.494 e. The Hall–Kier alpha value is -1.51. The van der Waals surface area contributed by atoms with E-state index in [4.69, 9.17) is 4.74 Å². The molecule has 0 aliphatic rings. The van der Waals surface area contributed by atoms with Crippen molar-refractivity contribution in [2.45, 2.75) is 53.4 Å². The molecule has 112 valence electrons. The minimum atomic E-state index is -0.381. The molecule has 0 aliphatic heterocycles. The normalized spacial score (nSPS) is 11.2. The Morgan fingerprint density at radius 1 is 1.10 bits per heavy atom. The Balaban J connectivity index is 2.39. The molecule has 0 atom stereocenters. The first-order chi connectivity index (χ1) is 9.43. The first kappa shape index (κ1) is 16.5. The second-order valence-electron chi connectivity index (χ2n) is 6.14. The highest BCUT2D eigenvalue weighted by molar-refractivity contribution is 5.94. The fraction of sp³-hybridized carbons (Fsp3) is 0.588. The van der Waals surface area contributed by atoms with E-state index in [0.29, 0.717) is 0 Å². The van der Waals surface area contributed by atoms with E-state index in [1.807, 2.05) is 45.0 Å². The summed E-state index contributed by atoms with van der Waals surface area (Å²) in [6.07, 6.45) is 4.82. The van der Waals surface area contributed by atoms with Gasteiger partial charge in [-0.15, -0.1) is 0 Å². The minimum absolute atomic E-state index is 0.0192. The van der Waals surface area contributed by atoms with Crippen LogP contribution in [0.3, 0.4) is 0 Å². The Bertz CT molecular complexity index is 404. The number of nitrogens with one attached hydrogen (secondary N) is 1. The Morgan fingerprint density at radius 3 is 2.30 bits per heavy atom. The topological polar surface area (TPSA) is 38.3 Å². The first-order valence-electron chi connectivity index (χ1n) is 7.48. The summed E-state index contributed by atoms with van der Waals surface area (Å²) in [5, 5.41) is 2.90. The average Bonchev–Trinajstić information content (AvgIpc) is 2.39. The molecule has 0 saturated carbocycles. The molecule has 3 heteroatoms. The van der Waals surface area contributed by atoms with E-state index in [2.05, 4.69) is 12.2 Å². The summed E-state index contributed by atoms with van der Waals surface area (Å²) in [4.78, 5) is 11.8. The van der Waals surface area contributed by atoms with Crippen molar-refractivity contribution < 1.29 is 9.53 Å². The van der Waals surface area contributed by atoms with Gasteiger partial charge in [0.25, 0.3) is 0 Å². The number of carbonyl (C=O) groups excluding carboxylic acids is 1. The van der Waals surface area contributed by atoms with E-state index in [-0.39, 0.29) is 11.3 Å². The predicted octanol–water partition coefficient (Wildman–Crippen LogP) is 4.63. The van der Waals surface area contributed by atoms with E-state index >= 15 is 0 Å². The standard InChI is InChI=1S/C17H27NO2/c1-5-6-7-8-13-20-15-11-9-14(10-12-15)18-16(19)17(2,3)4/h9-12H,5-8,13H2,1-4H3,(H,18,19). The molecule has 1 rings (SSSR count). The van der Waals surface area contributed by atoms with Crippen LogP contribution in [0.25, 0.3) is 0 Å². The van der Waals surface area contributed by atoms with Gasteiger partial charge >= 0.3 is 0 Å². The number of ether oxygens (including phenoxy) is 1. The number of hydrogen-bond donors (Lipinski definition) is 1. The van der Waals surface area contributed by atoms with E-state index < -0.39 is 0 Å².